The van der Waals surface area contributed by atoms with Crippen molar-refractivity contribution in [1.82, 2.24) is 5.32 Å². The Morgan fingerprint density at radius 3 is 2.48 bits per heavy atom. The first-order valence-electron chi connectivity index (χ1n) is 9.53. The van der Waals surface area contributed by atoms with Gasteiger partial charge in [0.2, 0.25) is 5.91 Å². The zero-order valence-corrected chi connectivity index (χ0v) is 17.4. The van der Waals surface area contributed by atoms with E-state index < -0.39 is 15.1 Å². The maximum Gasteiger partial charge on any atom is 0.220 e. The van der Waals surface area contributed by atoms with Crippen LogP contribution in [0.15, 0.2) is 76.2 Å². The molecule has 0 saturated carbocycles. The van der Waals surface area contributed by atoms with E-state index in [1.807, 2.05) is 43.3 Å². The van der Waals surface area contributed by atoms with Crippen LogP contribution in [-0.2, 0) is 21.1 Å². The van der Waals surface area contributed by atoms with Crippen LogP contribution in [0.5, 0.6) is 0 Å². The molecule has 1 aromatic heterocycles. The van der Waals surface area contributed by atoms with Crippen molar-refractivity contribution < 1.29 is 17.6 Å². The standard InChI is InChI=1S/C23H25NO4S/c1-17-10-11-18(2)21(15-17)29(26,27)22(20-9-6-14-28-20)16-24-23(25)13-12-19-7-4-3-5-8-19/h3-11,14-15,22H,12-13,16H2,1-2H3,(H,24,25)/t22-/m0/s1. The van der Waals surface area contributed by atoms with Crippen molar-refractivity contribution in [2.75, 3.05) is 6.54 Å². The Morgan fingerprint density at radius 2 is 1.79 bits per heavy atom. The van der Waals surface area contributed by atoms with Crippen molar-refractivity contribution in [1.29, 1.82) is 0 Å². The van der Waals surface area contributed by atoms with Crippen molar-refractivity contribution in [3.63, 3.8) is 0 Å². The summed E-state index contributed by atoms with van der Waals surface area (Å²) in [5.74, 6) is 0.121. The molecular formula is C23H25NO4S. The van der Waals surface area contributed by atoms with Crippen LogP contribution in [-0.4, -0.2) is 20.9 Å². The molecule has 5 nitrogen and oxygen atoms in total. The number of benzene rings is 2. The summed E-state index contributed by atoms with van der Waals surface area (Å²) in [6, 6.07) is 18.3. The Hall–Kier alpha value is -2.86. The first kappa shape index (κ1) is 20.9. The molecule has 1 heterocycles. The molecule has 6 heteroatoms. The number of nitrogens with one attached hydrogen (secondary N) is 1. The highest BCUT2D eigenvalue weighted by Gasteiger charge is 2.33. The smallest absolute Gasteiger partial charge is 0.220 e. The third kappa shape index (κ3) is 5.15. The molecule has 1 atom stereocenters. The van der Waals surface area contributed by atoms with Crippen molar-refractivity contribution >= 4 is 15.7 Å². The lowest BCUT2D eigenvalue weighted by molar-refractivity contribution is -0.121. The normalized spacial score (nSPS) is 12.5. The summed E-state index contributed by atoms with van der Waals surface area (Å²) < 4.78 is 32.2. The second-order valence-electron chi connectivity index (χ2n) is 7.11. The molecule has 3 rings (SSSR count). The van der Waals surface area contributed by atoms with Gasteiger partial charge in [-0.25, -0.2) is 8.42 Å². The highest BCUT2D eigenvalue weighted by Crippen LogP contribution is 2.31. The highest BCUT2D eigenvalue weighted by atomic mass is 32.2. The zero-order chi connectivity index (χ0) is 20.9. The fourth-order valence-electron chi connectivity index (χ4n) is 3.20. The number of hydrogen-bond donors (Lipinski definition) is 1. The van der Waals surface area contributed by atoms with Gasteiger partial charge >= 0.3 is 0 Å². The lowest BCUT2D eigenvalue weighted by Gasteiger charge is -2.18. The number of aryl methyl sites for hydroxylation is 3. The monoisotopic (exact) mass is 411 g/mol. The highest BCUT2D eigenvalue weighted by molar-refractivity contribution is 7.91. The van der Waals surface area contributed by atoms with Gasteiger partial charge in [-0.05, 0) is 55.2 Å². The fraction of sp³-hybridized carbons (Fsp3) is 0.261. The molecule has 0 saturated heterocycles. The van der Waals surface area contributed by atoms with Crippen molar-refractivity contribution in [3.8, 4) is 0 Å². The molecule has 2 aromatic carbocycles. The van der Waals surface area contributed by atoms with E-state index in [4.69, 9.17) is 4.42 Å². The van der Waals surface area contributed by atoms with Gasteiger partial charge in [0.1, 0.15) is 11.0 Å². The van der Waals surface area contributed by atoms with Gasteiger partial charge in [0.15, 0.2) is 9.84 Å². The molecular weight excluding hydrogens is 386 g/mol. The fourth-order valence-corrected chi connectivity index (χ4v) is 5.12. The summed E-state index contributed by atoms with van der Waals surface area (Å²) in [4.78, 5) is 12.6. The minimum atomic E-state index is -3.75. The maximum atomic E-state index is 13.4. The quantitative estimate of drug-likeness (QED) is 0.604. The summed E-state index contributed by atoms with van der Waals surface area (Å²) in [5.41, 5.74) is 2.59. The van der Waals surface area contributed by atoms with Crippen molar-refractivity contribution in [2.24, 2.45) is 0 Å². The van der Waals surface area contributed by atoms with E-state index in [9.17, 15) is 13.2 Å². The first-order chi connectivity index (χ1) is 13.9. The van der Waals surface area contributed by atoms with Crippen LogP contribution < -0.4 is 5.32 Å². The van der Waals surface area contributed by atoms with Gasteiger partial charge in [-0.1, -0.05) is 42.5 Å². The molecule has 0 fully saturated rings. The van der Waals surface area contributed by atoms with Crippen LogP contribution in [0.2, 0.25) is 0 Å². The molecule has 0 aliphatic heterocycles. The number of rotatable bonds is 8. The van der Waals surface area contributed by atoms with Crippen LogP contribution in [0.25, 0.3) is 0 Å². The summed E-state index contributed by atoms with van der Waals surface area (Å²) in [6.07, 6.45) is 2.33. The predicted octanol–water partition coefficient (Wildman–Crippen LogP) is 4.16. The number of amides is 1. The number of carbonyl (C=O) groups excluding carboxylic acids is 1. The second-order valence-corrected chi connectivity index (χ2v) is 9.21. The molecule has 0 bridgehead atoms. The largest absolute Gasteiger partial charge is 0.468 e. The van der Waals surface area contributed by atoms with Gasteiger partial charge in [0.25, 0.3) is 0 Å². The molecule has 0 spiro atoms. The SMILES string of the molecule is Cc1ccc(C)c(S(=O)(=O)[C@@H](CNC(=O)CCc2ccccc2)c2ccco2)c1. The Morgan fingerprint density at radius 1 is 1.03 bits per heavy atom. The van der Waals surface area contributed by atoms with Crippen LogP contribution in [0.3, 0.4) is 0 Å². The number of furan rings is 1. The molecule has 0 unspecified atom stereocenters. The summed E-state index contributed by atoms with van der Waals surface area (Å²) in [6.45, 7) is 3.58. The summed E-state index contributed by atoms with van der Waals surface area (Å²) in [7, 11) is -3.75. The molecule has 29 heavy (non-hydrogen) atoms. The lowest BCUT2D eigenvalue weighted by Crippen LogP contribution is -2.32. The third-order valence-electron chi connectivity index (χ3n) is 4.85. The van der Waals surface area contributed by atoms with Crippen molar-refractivity contribution in [2.45, 2.75) is 36.8 Å². The second kappa shape index (κ2) is 9.09. The Kier molecular flexibility index (Phi) is 6.54. The van der Waals surface area contributed by atoms with Crippen LogP contribution in [0.1, 0.15) is 34.1 Å². The van der Waals surface area contributed by atoms with Gasteiger partial charge in [0.05, 0.1) is 11.2 Å². The van der Waals surface area contributed by atoms with Crippen LogP contribution >= 0.6 is 0 Å². The van der Waals surface area contributed by atoms with E-state index in [1.54, 1.807) is 31.2 Å². The lowest BCUT2D eigenvalue weighted by atomic mass is 10.1. The first-order valence-corrected chi connectivity index (χ1v) is 11.1. The van der Waals surface area contributed by atoms with Gasteiger partial charge in [0, 0.05) is 13.0 Å². The molecule has 0 aliphatic rings. The maximum absolute atomic E-state index is 13.4. The Bertz CT molecular complexity index is 1060. The average Bonchev–Trinajstić information content (AvgIpc) is 3.23. The minimum Gasteiger partial charge on any atom is -0.468 e. The third-order valence-corrected chi connectivity index (χ3v) is 7.05. The van der Waals surface area contributed by atoms with Gasteiger partial charge in [-0.2, -0.15) is 0 Å². The van der Waals surface area contributed by atoms with E-state index in [1.165, 1.54) is 6.26 Å². The van der Waals surface area contributed by atoms with Gasteiger partial charge < -0.3 is 9.73 Å². The predicted molar refractivity (Wildman–Crippen MR) is 112 cm³/mol. The van der Waals surface area contributed by atoms with Gasteiger partial charge in [-0.3, -0.25) is 4.79 Å². The molecule has 0 aliphatic carbocycles. The topological polar surface area (TPSA) is 76.4 Å². The summed E-state index contributed by atoms with van der Waals surface area (Å²) in [5, 5.41) is 1.79. The molecule has 3 aromatic rings. The number of carbonyl (C=O) groups is 1. The molecule has 152 valence electrons. The van der Waals surface area contributed by atoms with E-state index in [0.717, 1.165) is 11.1 Å². The van der Waals surface area contributed by atoms with Crippen molar-refractivity contribution in [3.05, 3.63) is 89.4 Å². The van der Waals surface area contributed by atoms with E-state index >= 15 is 0 Å². The number of sulfone groups is 1. The van der Waals surface area contributed by atoms with Crippen LogP contribution in [0, 0.1) is 13.8 Å². The van der Waals surface area contributed by atoms with E-state index in [0.29, 0.717) is 24.2 Å². The van der Waals surface area contributed by atoms with Gasteiger partial charge in [-0.15, -0.1) is 0 Å². The van der Waals surface area contributed by atoms with E-state index in [-0.39, 0.29) is 17.3 Å². The van der Waals surface area contributed by atoms with E-state index in [2.05, 4.69) is 5.32 Å². The molecule has 0 radical (unpaired) electrons. The Labute approximate surface area is 171 Å². The van der Waals surface area contributed by atoms with Crippen LogP contribution in [0.4, 0.5) is 0 Å². The summed E-state index contributed by atoms with van der Waals surface area (Å²) >= 11 is 0. The average molecular weight is 412 g/mol. The molecule has 1 N–H and O–H groups in total. The Balaban J connectivity index is 1.76. The minimum absolute atomic E-state index is 0.0448. The number of hydrogen-bond acceptors (Lipinski definition) is 4. The molecule has 1 amide bonds. The zero-order valence-electron chi connectivity index (χ0n) is 16.6.